The summed E-state index contributed by atoms with van der Waals surface area (Å²) in [4.78, 5) is 39.0. The van der Waals surface area contributed by atoms with E-state index >= 15 is 0 Å². The number of aryl methyl sites for hydroxylation is 2. The molecule has 2 rings (SSSR count). The summed E-state index contributed by atoms with van der Waals surface area (Å²) in [5, 5.41) is 2.59. The number of ether oxygens (including phenoxy) is 3. The highest BCUT2D eigenvalue weighted by Crippen LogP contribution is 2.21. The minimum absolute atomic E-state index is 0.0348. The van der Waals surface area contributed by atoms with Gasteiger partial charge in [0.05, 0.1) is 20.3 Å². The second-order valence-electron chi connectivity index (χ2n) is 8.42. The van der Waals surface area contributed by atoms with Gasteiger partial charge in [-0.15, -0.1) is 0 Å². The summed E-state index contributed by atoms with van der Waals surface area (Å²) in [5.74, 6) is -0.597. The molecule has 0 aliphatic carbocycles. The monoisotopic (exact) mass is 420 g/mol. The summed E-state index contributed by atoms with van der Waals surface area (Å²) in [5.41, 5.74) is 2.53. The van der Waals surface area contributed by atoms with Gasteiger partial charge in [0.15, 0.2) is 0 Å². The Labute approximate surface area is 177 Å². The molecule has 8 heteroatoms. The van der Waals surface area contributed by atoms with Crippen molar-refractivity contribution in [2.24, 2.45) is 0 Å². The predicted molar refractivity (Wildman–Crippen MR) is 112 cm³/mol. The summed E-state index contributed by atoms with van der Waals surface area (Å²) in [6.45, 7) is 11.2. The average Bonchev–Trinajstić information content (AvgIpc) is 2.67. The van der Waals surface area contributed by atoms with E-state index in [1.807, 2.05) is 26.0 Å². The Balaban J connectivity index is 2.20. The number of rotatable bonds is 5. The predicted octanol–water partition coefficient (Wildman–Crippen LogP) is 2.38. The Bertz CT molecular complexity index is 770. The smallest absolute Gasteiger partial charge is 0.408 e. The number of methoxy groups -OCH3 is 1. The summed E-state index contributed by atoms with van der Waals surface area (Å²) in [6, 6.07) is 2.74. The van der Waals surface area contributed by atoms with Crippen molar-refractivity contribution >= 4 is 18.0 Å². The van der Waals surface area contributed by atoms with Gasteiger partial charge in [-0.1, -0.05) is 0 Å². The lowest BCUT2D eigenvalue weighted by Crippen LogP contribution is -2.45. The van der Waals surface area contributed by atoms with Crippen molar-refractivity contribution in [2.45, 2.75) is 52.7 Å². The highest BCUT2D eigenvalue weighted by atomic mass is 16.6. The zero-order valence-electron chi connectivity index (χ0n) is 18.7. The first kappa shape index (κ1) is 23.7. The largest absolute Gasteiger partial charge is 0.467 e. The first-order valence-corrected chi connectivity index (χ1v) is 10.1. The Morgan fingerprint density at radius 3 is 2.20 bits per heavy atom. The lowest BCUT2D eigenvalue weighted by Gasteiger charge is -2.27. The summed E-state index contributed by atoms with van der Waals surface area (Å²) in [6.07, 6.45) is -0.456. The second-order valence-corrected chi connectivity index (χ2v) is 8.42. The van der Waals surface area contributed by atoms with Gasteiger partial charge in [-0.05, 0) is 63.4 Å². The maximum absolute atomic E-state index is 12.8. The number of carbonyl (C=O) groups excluding carboxylic acids is 3. The van der Waals surface area contributed by atoms with Crippen molar-refractivity contribution in [1.82, 2.24) is 10.2 Å². The molecular weight excluding hydrogens is 388 g/mol. The van der Waals surface area contributed by atoms with Crippen LogP contribution in [0.2, 0.25) is 0 Å². The van der Waals surface area contributed by atoms with Crippen molar-refractivity contribution in [1.29, 1.82) is 0 Å². The lowest BCUT2D eigenvalue weighted by atomic mass is 9.93. The number of nitrogens with one attached hydrogen (secondary N) is 1. The van der Waals surface area contributed by atoms with E-state index in [1.165, 1.54) is 7.11 Å². The summed E-state index contributed by atoms with van der Waals surface area (Å²) >= 11 is 0. The molecule has 30 heavy (non-hydrogen) atoms. The Kier molecular flexibility index (Phi) is 7.83. The second kappa shape index (κ2) is 9.93. The summed E-state index contributed by atoms with van der Waals surface area (Å²) < 4.78 is 15.4. The van der Waals surface area contributed by atoms with Crippen molar-refractivity contribution < 1.29 is 28.6 Å². The minimum atomic E-state index is -0.900. The highest BCUT2D eigenvalue weighted by molar-refractivity contribution is 5.95. The number of amides is 2. The summed E-state index contributed by atoms with van der Waals surface area (Å²) in [7, 11) is 1.27. The van der Waals surface area contributed by atoms with E-state index in [-0.39, 0.29) is 12.3 Å². The van der Waals surface area contributed by atoms with Gasteiger partial charge in [0.2, 0.25) is 0 Å². The number of hydrogen-bond acceptors (Lipinski definition) is 6. The molecule has 0 radical (unpaired) electrons. The van der Waals surface area contributed by atoms with Crippen molar-refractivity contribution in [2.75, 3.05) is 33.4 Å². The van der Waals surface area contributed by atoms with Crippen LogP contribution < -0.4 is 5.32 Å². The van der Waals surface area contributed by atoms with Gasteiger partial charge in [-0.3, -0.25) is 4.79 Å². The Morgan fingerprint density at radius 2 is 1.70 bits per heavy atom. The molecule has 1 fully saturated rings. The van der Waals surface area contributed by atoms with Crippen LogP contribution in [0.3, 0.4) is 0 Å². The number of esters is 1. The van der Waals surface area contributed by atoms with Gasteiger partial charge in [-0.2, -0.15) is 0 Å². The van der Waals surface area contributed by atoms with Gasteiger partial charge in [0, 0.05) is 25.1 Å². The van der Waals surface area contributed by atoms with Gasteiger partial charge in [0.1, 0.15) is 11.6 Å². The standard InChI is InChI=1S/C22H32N2O6/c1-14-11-16(19(25)24-7-9-29-10-8-24)12-15(2)17(14)13-18(20(26)28-6)23-21(27)30-22(3,4)5/h11-12,18H,7-10,13H2,1-6H3,(H,23,27)/t18-/m0/s1. The number of morpholine rings is 1. The number of benzene rings is 1. The molecule has 1 N–H and O–H groups in total. The fourth-order valence-corrected chi connectivity index (χ4v) is 3.38. The van der Waals surface area contributed by atoms with Crippen LogP contribution in [0.1, 0.15) is 47.8 Å². The number of nitrogens with zero attached hydrogens (tertiary/aromatic N) is 1. The number of carbonyl (C=O) groups is 3. The Hall–Kier alpha value is -2.61. The molecule has 1 aromatic carbocycles. The normalized spacial score (nSPS) is 15.3. The van der Waals surface area contributed by atoms with Crippen LogP contribution in [0, 0.1) is 13.8 Å². The minimum Gasteiger partial charge on any atom is -0.467 e. The molecule has 0 aromatic heterocycles. The fourth-order valence-electron chi connectivity index (χ4n) is 3.38. The molecule has 1 aliphatic heterocycles. The fraction of sp³-hybridized carbons (Fsp3) is 0.591. The third kappa shape index (κ3) is 6.45. The molecule has 1 aliphatic rings. The van der Waals surface area contributed by atoms with E-state index in [0.29, 0.717) is 31.9 Å². The molecule has 1 atom stereocenters. The molecule has 0 bridgehead atoms. The third-order valence-corrected chi connectivity index (χ3v) is 4.83. The van der Waals surface area contributed by atoms with Crippen molar-refractivity contribution in [3.8, 4) is 0 Å². The van der Waals surface area contributed by atoms with Crippen LogP contribution >= 0.6 is 0 Å². The van der Waals surface area contributed by atoms with Crippen LogP contribution in [-0.4, -0.2) is 67.9 Å². The first-order valence-electron chi connectivity index (χ1n) is 10.1. The molecule has 2 amide bonds. The molecule has 0 unspecified atom stereocenters. The van der Waals surface area contributed by atoms with Crippen molar-refractivity contribution in [3.63, 3.8) is 0 Å². The zero-order valence-corrected chi connectivity index (χ0v) is 18.7. The quantitative estimate of drug-likeness (QED) is 0.735. The molecule has 1 aromatic rings. The number of hydrogen-bond donors (Lipinski definition) is 1. The third-order valence-electron chi connectivity index (χ3n) is 4.83. The van der Waals surface area contributed by atoms with Crippen molar-refractivity contribution in [3.05, 3.63) is 34.4 Å². The molecular formula is C22H32N2O6. The van der Waals surface area contributed by atoms with Crippen LogP contribution in [0.5, 0.6) is 0 Å². The zero-order chi connectivity index (χ0) is 22.5. The molecule has 0 saturated carbocycles. The van der Waals surface area contributed by atoms with E-state index in [1.54, 1.807) is 25.7 Å². The molecule has 166 valence electrons. The first-order chi connectivity index (χ1) is 14.0. The van der Waals surface area contributed by atoms with Gasteiger partial charge < -0.3 is 24.4 Å². The molecule has 1 saturated heterocycles. The highest BCUT2D eigenvalue weighted by Gasteiger charge is 2.27. The maximum atomic E-state index is 12.8. The topological polar surface area (TPSA) is 94.2 Å². The van der Waals surface area contributed by atoms with Gasteiger partial charge >= 0.3 is 12.1 Å². The van der Waals surface area contributed by atoms with E-state index in [9.17, 15) is 14.4 Å². The average molecular weight is 421 g/mol. The van der Waals surface area contributed by atoms with E-state index in [2.05, 4.69) is 5.32 Å². The molecule has 8 nitrogen and oxygen atoms in total. The van der Waals surface area contributed by atoms with Crippen LogP contribution in [0.4, 0.5) is 4.79 Å². The number of alkyl carbamates (subject to hydrolysis) is 1. The van der Waals surface area contributed by atoms with Gasteiger partial charge in [-0.25, -0.2) is 9.59 Å². The lowest BCUT2D eigenvalue weighted by molar-refractivity contribution is -0.143. The van der Waals surface area contributed by atoms with Crippen LogP contribution in [0.25, 0.3) is 0 Å². The van der Waals surface area contributed by atoms with Crippen LogP contribution in [-0.2, 0) is 25.4 Å². The SMILES string of the molecule is COC(=O)[C@H](Cc1c(C)cc(C(=O)N2CCOCC2)cc1C)NC(=O)OC(C)(C)C. The van der Waals surface area contributed by atoms with E-state index in [0.717, 1.165) is 16.7 Å². The molecule has 0 spiro atoms. The van der Waals surface area contributed by atoms with E-state index < -0.39 is 23.7 Å². The van der Waals surface area contributed by atoms with Crippen LogP contribution in [0.15, 0.2) is 12.1 Å². The van der Waals surface area contributed by atoms with E-state index in [4.69, 9.17) is 14.2 Å². The maximum Gasteiger partial charge on any atom is 0.408 e. The Morgan fingerprint density at radius 1 is 1.13 bits per heavy atom. The van der Waals surface area contributed by atoms with Gasteiger partial charge in [0.25, 0.3) is 5.91 Å². The molecule has 1 heterocycles.